The van der Waals surface area contributed by atoms with E-state index in [0.717, 1.165) is 25.3 Å². The van der Waals surface area contributed by atoms with Crippen LogP contribution in [0.15, 0.2) is 12.3 Å². The van der Waals surface area contributed by atoms with Crippen LogP contribution in [-0.4, -0.2) is 47.6 Å². The van der Waals surface area contributed by atoms with Crippen molar-refractivity contribution < 1.29 is 0 Å². The molecule has 0 bridgehead atoms. The summed E-state index contributed by atoms with van der Waals surface area (Å²) in [6.45, 7) is 10.0. The van der Waals surface area contributed by atoms with Crippen molar-refractivity contribution in [3.63, 3.8) is 0 Å². The van der Waals surface area contributed by atoms with Crippen molar-refractivity contribution in [3.8, 4) is 0 Å². The highest BCUT2D eigenvalue weighted by Gasteiger charge is 2.14. The molecule has 0 amide bonds. The van der Waals surface area contributed by atoms with Crippen LogP contribution in [0, 0.1) is 5.92 Å². The normalized spacial score (nSPS) is 17.1. The minimum atomic E-state index is 0.634. The van der Waals surface area contributed by atoms with E-state index in [1.54, 1.807) is 6.20 Å². The van der Waals surface area contributed by atoms with Gasteiger partial charge in [-0.05, 0) is 44.3 Å². The summed E-state index contributed by atoms with van der Waals surface area (Å²) >= 11 is 0. The zero-order valence-corrected chi connectivity index (χ0v) is 12.7. The largest absolute Gasteiger partial charge is 0.370 e. The Kier molecular flexibility index (Phi) is 6.05. The van der Waals surface area contributed by atoms with E-state index in [1.807, 2.05) is 6.07 Å². The van der Waals surface area contributed by atoms with E-state index in [4.69, 9.17) is 0 Å². The van der Waals surface area contributed by atoms with Gasteiger partial charge < -0.3 is 15.5 Å². The van der Waals surface area contributed by atoms with E-state index in [0.29, 0.717) is 11.9 Å². The molecular weight excluding hydrogens is 250 g/mol. The summed E-state index contributed by atoms with van der Waals surface area (Å²) in [5, 5.41) is 6.63. The van der Waals surface area contributed by atoms with Crippen LogP contribution in [0.3, 0.4) is 0 Å². The van der Waals surface area contributed by atoms with E-state index in [2.05, 4.69) is 39.3 Å². The molecular formula is C15H27N5. The lowest BCUT2D eigenvalue weighted by Gasteiger charge is -2.20. The third kappa shape index (κ3) is 4.96. The molecule has 5 heteroatoms. The van der Waals surface area contributed by atoms with Crippen molar-refractivity contribution in [2.24, 2.45) is 5.92 Å². The molecule has 2 rings (SSSR count). The summed E-state index contributed by atoms with van der Waals surface area (Å²) in [6.07, 6.45) is 5.60. The van der Waals surface area contributed by atoms with Gasteiger partial charge in [0.25, 0.3) is 0 Å². The van der Waals surface area contributed by atoms with Crippen molar-refractivity contribution in [2.45, 2.75) is 33.1 Å². The molecule has 112 valence electrons. The topological polar surface area (TPSA) is 53.1 Å². The first kappa shape index (κ1) is 15.0. The molecule has 1 atom stereocenters. The summed E-state index contributed by atoms with van der Waals surface area (Å²) in [5.74, 6) is 2.26. The van der Waals surface area contributed by atoms with E-state index in [-0.39, 0.29) is 0 Å². The maximum absolute atomic E-state index is 4.47. The van der Waals surface area contributed by atoms with Crippen LogP contribution in [0.5, 0.6) is 0 Å². The Labute approximate surface area is 122 Å². The van der Waals surface area contributed by atoms with Gasteiger partial charge in [-0.1, -0.05) is 13.8 Å². The van der Waals surface area contributed by atoms with Crippen molar-refractivity contribution >= 4 is 11.8 Å². The molecule has 1 saturated heterocycles. The molecule has 1 aromatic heterocycles. The average molecular weight is 277 g/mol. The van der Waals surface area contributed by atoms with Gasteiger partial charge in [0.1, 0.15) is 5.82 Å². The Morgan fingerprint density at radius 2 is 2.10 bits per heavy atom. The van der Waals surface area contributed by atoms with Crippen LogP contribution in [-0.2, 0) is 0 Å². The number of nitrogens with one attached hydrogen (secondary N) is 2. The Morgan fingerprint density at radius 3 is 2.85 bits per heavy atom. The number of likely N-dealkylation sites (tertiary alicyclic amines) is 1. The fourth-order valence-electron chi connectivity index (χ4n) is 2.53. The molecule has 20 heavy (non-hydrogen) atoms. The van der Waals surface area contributed by atoms with Gasteiger partial charge >= 0.3 is 0 Å². The summed E-state index contributed by atoms with van der Waals surface area (Å²) in [6, 6.07) is 1.93. The molecule has 1 unspecified atom stereocenters. The zero-order valence-electron chi connectivity index (χ0n) is 12.7. The summed E-state index contributed by atoms with van der Waals surface area (Å²) < 4.78 is 0. The van der Waals surface area contributed by atoms with Crippen molar-refractivity contribution in [1.82, 2.24) is 14.9 Å². The second kappa shape index (κ2) is 8.04. The lowest BCUT2D eigenvalue weighted by atomic mass is 10.1. The van der Waals surface area contributed by atoms with Gasteiger partial charge in [-0.25, -0.2) is 4.98 Å². The Bertz CT molecular complexity index is 390. The molecule has 5 nitrogen and oxygen atoms in total. The Hall–Kier alpha value is -1.36. The molecule has 0 saturated carbocycles. The third-order valence-electron chi connectivity index (χ3n) is 3.59. The monoisotopic (exact) mass is 277 g/mol. The number of rotatable bonds is 8. The SMILES string of the molecule is CCCNc1nccc(NCC(C)CN2CCCC2)n1. The van der Waals surface area contributed by atoms with E-state index in [1.165, 1.54) is 32.5 Å². The molecule has 1 aliphatic rings. The fraction of sp³-hybridized carbons (Fsp3) is 0.733. The van der Waals surface area contributed by atoms with E-state index in [9.17, 15) is 0 Å². The lowest BCUT2D eigenvalue weighted by molar-refractivity contribution is 0.294. The van der Waals surface area contributed by atoms with Crippen LogP contribution in [0.4, 0.5) is 11.8 Å². The van der Waals surface area contributed by atoms with Gasteiger partial charge in [-0.3, -0.25) is 0 Å². The first-order valence-electron chi connectivity index (χ1n) is 7.81. The quantitative estimate of drug-likeness (QED) is 0.764. The molecule has 2 heterocycles. The van der Waals surface area contributed by atoms with Crippen LogP contribution in [0.2, 0.25) is 0 Å². The highest BCUT2D eigenvalue weighted by molar-refractivity contribution is 5.39. The summed E-state index contributed by atoms with van der Waals surface area (Å²) in [5.41, 5.74) is 0. The van der Waals surface area contributed by atoms with Gasteiger partial charge in [0, 0.05) is 25.8 Å². The second-order valence-electron chi connectivity index (χ2n) is 5.69. The van der Waals surface area contributed by atoms with Gasteiger partial charge in [0.2, 0.25) is 5.95 Å². The maximum atomic E-state index is 4.47. The second-order valence-corrected chi connectivity index (χ2v) is 5.69. The predicted octanol–water partition coefficient (Wildman–Crippen LogP) is 2.44. The highest BCUT2D eigenvalue weighted by Crippen LogP contribution is 2.11. The molecule has 0 radical (unpaired) electrons. The van der Waals surface area contributed by atoms with Gasteiger partial charge in [0.15, 0.2) is 0 Å². The minimum Gasteiger partial charge on any atom is -0.370 e. The first-order chi connectivity index (χ1) is 9.78. The molecule has 1 aromatic rings. The molecule has 1 aliphatic heterocycles. The van der Waals surface area contributed by atoms with Gasteiger partial charge in [0.05, 0.1) is 0 Å². The molecule has 0 aliphatic carbocycles. The van der Waals surface area contributed by atoms with Gasteiger partial charge in [-0.2, -0.15) is 4.98 Å². The van der Waals surface area contributed by atoms with E-state index < -0.39 is 0 Å². The average Bonchev–Trinajstić information content (AvgIpc) is 2.96. The Morgan fingerprint density at radius 1 is 1.30 bits per heavy atom. The predicted molar refractivity (Wildman–Crippen MR) is 84.1 cm³/mol. The smallest absolute Gasteiger partial charge is 0.224 e. The summed E-state index contributed by atoms with van der Waals surface area (Å²) in [4.78, 5) is 11.2. The van der Waals surface area contributed by atoms with E-state index >= 15 is 0 Å². The molecule has 1 fully saturated rings. The van der Waals surface area contributed by atoms with Crippen LogP contribution < -0.4 is 10.6 Å². The number of aromatic nitrogens is 2. The standard InChI is InChI=1S/C15H27N5/c1-3-7-16-15-17-8-6-14(19-15)18-11-13(2)12-20-9-4-5-10-20/h6,8,13H,3-5,7,9-12H2,1-2H3,(H2,16,17,18,19). The van der Waals surface area contributed by atoms with Gasteiger partial charge in [-0.15, -0.1) is 0 Å². The molecule has 0 spiro atoms. The molecule has 0 aromatic carbocycles. The summed E-state index contributed by atoms with van der Waals surface area (Å²) in [7, 11) is 0. The number of anilines is 2. The fourth-order valence-corrected chi connectivity index (χ4v) is 2.53. The van der Waals surface area contributed by atoms with Crippen molar-refractivity contribution in [3.05, 3.63) is 12.3 Å². The van der Waals surface area contributed by atoms with Crippen LogP contribution >= 0.6 is 0 Å². The Balaban J connectivity index is 1.74. The van der Waals surface area contributed by atoms with Crippen molar-refractivity contribution in [2.75, 3.05) is 43.4 Å². The van der Waals surface area contributed by atoms with Crippen LogP contribution in [0.1, 0.15) is 33.1 Å². The zero-order chi connectivity index (χ0) is 14.2. The lowest BCUT2D eigenvalue weighted by Crippen LogP contribution is -2.29. The molecule has 2 N–H and O–H groups in total. The van der Waals surface area contributed by atoms with Crippen LogP contribution in [0.25, 0.3) is 0 Å². The third-order valence-corrected chi connectivity index (χ3v) is 3.59. The number of hydrogen-bond acceptors (Lipinski definition) is 5. The highest BCUT2D eigenvalue weighted by atomic mass is 15.2. The number of hydrogen-bond donors (Lipinski definition) is 2. The first-order valence-corrected chi connectivity index (χ1v) is 7.81. The van der Waals surface area contributed by atoms with Crippen molar-refractivity contribution in [1.29, 1.82) is 0 Å². The number of nitrogens with zero attached hydrogens (tertiary/aromatic N) is 3. The minimum absolute atomic E-state index is 0.634. The maximum Gasteiger partial charge on any atom is 0.224 e.